The fourth-order valence-corrected chi connectivity index (χ4v) is 1.22. The molecule has 0 atom stereocenters. The molecule has 2 heteroatoms. The fraction of sp³-hybridized carbons (Fsp3) is 0.625. The zero-order valence-electron chi connectivity index (χ0n) is 7.09. The molecule has 0 unspecified atom stereocenters. The molecule has 0 heterocycles. The van der Waals surface area contributed by atoms with Crippen LogP contribution in [0.4, 0.5) is 0 Å². The molecule has 0 N–H and O–H groups in total. The summed E-state index contributed by atoms with van der Waals surface area (Å²) in [5.74, 6) is 0.596. The van der Waals surface area contributed by atoms with Gasteiger partial charge in [-0.1, -0.05) is 13.8 Å². The van der Waals surface area contributed by atoms with Gasteiger partial charge in [0, 0.05) is 17.3 Å². The Bertz CT molecular complexity index is 136. The van der Waals surface area contributed by atoms with Gasteiger partial charge in [0.1, 0.15) is 0 Å². The number of rotatable bonds is 3. The Morgan fingerprint density at radius 1 is 1.50 bits per heavy atom. The second-order valence-electron chi connectivity index (χ2n) is 2.30. The van der Waals surface area contributed by atoms with Gasteiger partial charge >= 0.3 is 0 Å². The lowest BCUT2D eigenvalue weighted by Crippen LogP contribution is -1.87. The van der Waals surface area contributed by atoms with Crippen molar-refractivity contribution in [1.29, 1.82) is 0 Å². The molecular weight excluding hydrogens is 142 g/mol. The van der Waals surface area contributed by atoms with Crippen molar-refractivity contribution in [3.05, 3.63) is 11.1 Å². The van der Waals surface area contributed by atoms with Gasteiger partial charge in [-0.15, -0.1) is 11.8 Å². The minimum absolute atomic E-state index is 0.596. The predicted molar refractivity (Wildman–Crippen MR) is 50.6 cm³/mol. The number of hydrogen-bond donors (Lipinski definition) is 0. The van der Waals surface area contributed by atoms with E-state index in [1.54, 1.807) is 18.0 Å². The van der Waals surface area contributed by atoms with Gasteiger partial charge in [0.15, 0.2) is 0 Å². The summed E-state index contributed by atoms with van der Waals surface area (Å²) in [6.45, 7) is 6.27. The summed E-state index contributed by atoms with van der Waals surface area (Å²) in [6, 6.07) is 0. The van der Waals surface area contributed by atoms with Crippen LogP contribution >= 0.6 is 11.8 Å². The summed E-state index contributed by atoms with van der Waals surface area (Å²) in [5, 5.41) is 0. The molecule has 0 amide bonds. The number of aliphatic imine (C=N–C) groups is 1. The lowest BCUT2D eigenvalue weighted by molar-refractivity contribution is 0.814. The highest BCUT2D eigenvalue weighted by molar-refractivity contribution is 8.02. The summed E-state index contributed by atoms with van der Waals surface area (Å²) in [7, 11) is 0. The Labute approximate surface area is 67.6 Å². The lowest BCUT2D eigenvalue weighted by Gasteiger charge is -2.04. The summed E-state index contributed by atoms with van der Waals surface area (Å²) in [6.07, 6.45) is 5.81. The van der Waals surface area contributed by atoms with Crippen molar-refractivity contribution in [2.75, 3.05) is 6.26 Å². The van der Waals surface area contributed by atoms with Gasteiger partial charge in [-0.2, -0.15) is 0 Å². The number of allylic oxidation sites excluding steroid dienone is 1. The van der Waals surface area contributed by atoms with Crippen molar-refractivity contribution in [1.82, 2.24) is 0 Å². The molecule has 0 radical (unpaired) electrons. The van der Waals surface area contributed by atoms with Gasteiger partial charge in [0.25, 0.3) is 0 Å². The largest absolute Gasteiger partial charge is 0.269 e. The fourth-order valence-electron chi connectivity index (χ4n) is 0.585. The average molecular weight is 157 g/mol. The van der Waals surface area contributed by atoms with Gasteiger partial charge < -0.3 is 0 Å². The molecule has 58 valence electrons. The minimum atomic E-state index is 0.596. The van der Waals surface area contributed by atoms with E-state index in [0.717, 1.165) is 0 Å². The van der Waals surface area contributed by atoms with E-state index in [1.165, 1.54) is 4.91 Å². The van der Waals surface area contributed by atoms with Crippen molar-refractivity contribution in [2.45, 2.75) is 20.8 Å². The molecule has 0 rings (SSSR count). The second kappa shape index (κ2) is 5.54. The lowest BCUT2D eigenvalue weighted by atomic mass is 10.2. The normalized spacial score (nSPS) is 13.5. The van der Waals surface area contributed by atoms with Crippen LogP contribution in [0.15, 0.2) is 16.1 Å². The van der Waals surface area contributed by atoms with Crippen LogP contribution in [0.25, 0.3) is 0 Å². The van der Waals surface area contributed by atoms with Crippen LogP contribution in [-0.4, -0.2) is 12.5 Å². The molecule has 0 spiro atoms. The Morgan fingerprint density at radius 3 is 2.40 bits per heavy atom. The van der Waals surface area contributed by atoms with Crippen molar-refractivity contribution in [3.63, 3.8) is 0 Å². The van der Waals surface area contributed by atoms with E-state index in [9.17, 15) is 0 Å². The third-order valence-electron chi connectivity index (χ3n) is 1.16. The Kier molecular flexibility index (Phi) is 5.40. The first-order valence-electron chi connectivity index (χ1n) is 3.44. The molecular formula is C8H15NS. The van der Waals surface area contributed by atoms with Crippen molar-refractivity contribution >= 4 is 18.0 Å². The third-order valence-corrected chi connectivity index (χ3v) is 2.20. The van der Waals surface area contributed by atoms with Crippen LogP contribution in [0.2, 0.25) is 0 Å². The summed E-state index contributed by atoms with van der Waals surface area (Å²) < 4.78 is 0. The molecule has 0 aliphatic rings. The monoisotopic (exact) mass is 157 g/mol. The van der Waals surface area contributed by atoms with E-state index in [2.05, 4.69) is 25.1 Å². The first-order valence-corrected chi connectivity index (χ1v) is 4.66. The smallest absolute Gasteiger partial charge is 0.0361 e. The molecule has 0 aliphatic heterocycles. The van der Waals surface area contributed by atoms with Gasteiger partial charge in [0.05, 0.1) is 0 Å². The van der Waals surface area contributed by atoms with E-state index in [1.807, 2.05) is 13.1 Å². The molecule has 0 aromatic heterocycles. The predicted octanol–water partition coefficient (Wildman–Crippen LogP) is 2.94. The van der Waals surface area contributed by atoms with Crippen LogP contribution in [-0.2, 0) is 0 Å². The van der Waals surface area contributed by atoms with E-state index in [4.69, 9.17) is 0 Å². The zero-order valence-corrected chi connectivity index (χ0v) is 7.90. The molecule has 0 fully saturated rings. The highest BCUT2D eigenvalue weighted by atomic mass is 32.2. The maximum atomic E-state index is 4.06. The van der Waals surface area contributed by atoms with Gasteiger partial charge in [-0.3, -0.25) is 4.99 Å². The Hall–Kier alpha value is -0.240. The number of thioether (sulfide) groups is 1. The quantitative estimate of drug-likeness (QED) is 0.574. The van der Waals surface area contributed by atoms with Gasteiger partial charge in [-0.25, -0.2) is 0 Å². The molecule has 0 saturated carbocycles. The molecule has 0 aromatic rings. The summed E-state index contributed by atoms with van der Waals surface area (Å²) >= 11 is 1.77. The second-order valence-corrected chi connectivity index (χ2v) is 3.18. The molecule has 0 aromatic carbocycles. The van der Waals surface area contributed by atoms with Crippen molar-refractivity contribution in [3.8, 4) is 0 Å². The van der Waals surface area contributed by atoms with Crippen LogP contribution < -0.4 is 0 Å². The maximum absolute atomic E-state index is 4.06. The minimum Gasteiger partial charge on any atom is -0.269 e. The van der Waals surface area contributed by atoms with Gasteiger partial charge in [0.2, 0.25) is 0 Å². The van der Waals surface area contributed by atoms with Gasteiger partial charge in [-0.05, 0) is 19.1 Å². The van der Waals surface area contributed by atoms with Crippen molar-refractivity contribution < 1.29 is 0 Å². The third kappa shape index (κ3) is 3.72. The van der Waals surface area contributed by atoms with Crippen LogP contribution in [0, 0.1) is 5.92 Å². The standard InChI is InChI=1S/C8H15NS/c1-5-9-6-8(10-4)7(2)3/h5-7H,1-4H3/b8-6-,9-5-. The average Bonchev–Trinajstić information content (AvgIpc) is 1.89. The number of hydrogen-bond acceptors (Lipinski definition) is 2. The van der Waals surface area contributed by atoms with E-state index in [0.29, 0.717) is 5.92 Å². The number of nitrogens with zero attached hydrogens (tertiary/aromatic N) is 1. The zero-order chi connectivity index (χ0) is 7.98. The highest BCUT2D eigenvalue weighted by Crippen LogP contribution is 2.20. The molecule has 1 nitrogen and oxygen atoms in total. The first kappa shape index (κ1) is 9.76. The van der Waals surface area contributed by atoms with E-state index < -0.39 is 0 Å². The van der Waals surface area contributed by atoms with Crippen LogP contribution in [0.5, 0.6) is 0 Å². The van der Waals surface area contributed by atoms with E-state index >= 15 is 0 Å². The van der Waals surface area contributed by atoms with Crippen molar-refractivity contribution in [2.24, 2.45) is 10.9 Å². The maximum Gasteiger partial charge on any atom is 0.0361 e. The van der Waals surface area contributed by atoms with E-state index in [-0.39, 0.29) is 0 Å². The molecule has 0 aliphatic carbocycles. The Balaban J connectivity index is 4.04. The molecule has 0 saturated heterocycles. The van der Waals surface area contributed by atoms with Crippen LogP contribution in [0.1, 0.15) is 20.8 Å². The Morgan fingerprint density at radius 2 is 2.10 bits per heavy atom. The highest BCUT2D eigenvalue weighted by Gasteiger charge is 1.98. The summed E-state index contributed by atoms with van der Waals surface area (Å²) in [4.78, 5) is 5.39. The first-order chi connectivity index (χ1) is 4.72. The molecule has 10 heavy (non-hydrogen) atoms. The topological polar surface area (TPSA) is 12.4 Å². The SMILES string of the molecule is C/C=N\C=C(/SC)C(C)C. The summed E-state index contributed by atoms with van der Waals surface area (Å²) in [5.41, 5.74) is 0. The van der Waals surface area contributed by atoms with Crippen LogP contribution in [0.3, 0.4) is 0 Å². The molecule has 0 bridgehead atoms.